The lowest BCUT2D eigenvalue weighted by atomic mass is 10.2. The third kappa shape index (κ3) is 0.980. The third-order valence-corrected chi connectivity index (χ3v) is 1.19. The van der Waals surface area contributed by atoms with Crippen molar-refractivity contribution in [2.45, 2.75) is 18.9 Å². The Bertz CT molecular complexity index is 93.8. The molecule has 0 N–H and O–H groups in total. The first-order valence-electron chi connectivity index (χ1n) is 2.63. The molecule has 46 valence electrons. The number of aliphatic carboxylic acids is 1. The van der Waals surface area contributed by atoms with E-state index in [1.54, 1.807) is 0 Å². The topological polar surface area (TPSA) is 49.4 Å². The van der Waals surface area contributed by atoms with E-state index in [-0.39, 0.29) is 0 Å². The van der Waals surface area contributed by atoms with Crippen LogP contribution in [-0.2, 0) is 9.53 Å². The van der Waals surface area contributed by atoms with Gasteiger partial charge in [-0.15, -0.1) is 0 Å². The van der Waals surface area contributed by atoms with Gasteiger partial charge in [0.1, 0.15) is 0 Å². The molecular weight excluding hydrogens is 108 g/mol. The molecule has 1 saturated heterocycles. The maximum atomic E-state index is 9.97. The Morgan fingerprint density at radius 1 is 1.75 bits per heavy atom. The zero-order valence-electron chi connectivity index (χ0n) is 4.42. The number of carboxylic acid groups (broad SMARTS) is 1. The normalized spacial score (nSPS) is 28.2. The average molecular weight is 115 g/mol. The number of carboxylic acids is 1. The molecule has 0 aromatic rings. The Morgan fingerprint density at radius 2 is 2.50 bits per heavy atom. The Labute approximate surface area is 47.3 Å². The van der Waals surface area contributed by atoms with Crippen LogP contribution in [0.5, 0.6) is 0 Å². The minimum Gasteiger partial charge on any atom is -0.547 e. The minimum absolute atomic E-state index is 0.568. The van der Waals surface area contributed by atoms with Crippen molar-refractivity contribution < 1.29 is 14.6 Å². The van der Waals surface area contributed by atoms with Gasteiger partial charge in [-0.2, -0.15) is 0 Å². The van der Waals surface area contributed by atoms with Gasteiger partial charge in [-0.05, 0) is 12.8 Å². The number of rotatable bonds is 1. The molecule has 3 heteroatoms. The molecule has 0 spiro atoms. The van der Waals surface area contributed by atoms with Crippen LogP contribution in [0.2, 0.25) is 0 Å². The first-order valence-corrected chi connectivity index (χ1v) is 2.63. The van der Waals surface area contributed by atoms with Crippen molar-refractivity contribution in [2.24, 2.45) is 0 Å². The van der Waals surface area contributed by atoms with Gasteiger partial charge in [0.2, 0.25) is 0 Å². The molecule has 1 fully saturated rings. The number of hydrogen-bond donors (Lipinski definition) is 0. The van der Waals surface area contributed by atoms with E-state index in [0.29, 0.717) is 13.0 Å². The van der Waals surface area contributed by atoms with Crippen molar-refractivity contribution in [3.8, 4) is 0 Å². The predicted octanol–water partition coefficient (Wildman–Crippen LogP) is -1.08. The van der Waals surface area contributed by atoms with E-state index in [9.17, 15) is 9.90 Å². The molecule has 1 rings (SSSR count). The summed E-state index contributed by atoms with van der Waals surface area (Å²) in [6.45, 7) is 0.568. The van der Waals surface area contributed by atoms with Gasteiger partial charge in [-0.1, -0.05) is 0 Å². The molecule has 0 saturated carbocycles. The Kier molecular flexibility index (Phi) is 1.48. The van der Waals surface area contributed by atoms with E-state index >= 15 is 0 Å². The highest BCUT2D eigenvalue weighted by molar-refractivity contribution is 5.70. The van der Waals surface area contributed by atoms with Crippen molar-refractivity contribution in [2.75, 3.05) is 6.61 Å². The van der Waals surface area contributed by atoms with Crippen molar-refractivity contribution in [3.05, 3.63) is 0 Å². The molecule has 3 nitrogen and oxygen atoms in total. The summed E-state index contributed by atoms with van der Waals surface area (Å²) in [7, 11) is 0. The third-order valence-electron chi connectivity index (χ3n) is 1.19. The maximum Gasteiger partial charge on any atom is 0.0969 e. The second kappa shape index (κ2) is 2.13. The molecule has 1 unspecified atom stereocenters. The number of hydrogen-bond acceptors (Lipinski definition) is 3. The van der Waals surface area contributed by atoms with Gasteiger partial charge in [-0.25, -0.2) is 0 Å². The Hall–Kier alpha value is -0.570. The molecule has 1 heterocycles. The van der Waals surface area contributed by atoms with E-state index in [1.165, 1.54) is 0 Å². The summed E-state index contributed by atoms with van der Waals surface area (Å²) in [5, 5.41) is 9.97. The monoisotopic (exact) mass is 115 g/mol. The second-order valence-electron chi connectivity index (χ2n) is 1.82. The summed E-state index contributed by atoms with van der Waals surface area (Å²) in [5.41, 5.74) is 0. The average Bonchev–Trinajstić information content (AvgIpc) is 2.12. The summed E-state index contributed by atoms with van der Waals surface area (Å²) in [6.07, 6.45) is 0.830. The molecule has 8 heavy (non-hydrogen) atoms. The highest BCUT2D eigenvalue weighted by atomic mass is 16.5. The lowest BCUT2D eigenvalue weighted by molar-refractivity contribution is -0.315. The molecular formula is C5H7O3-. The van der Waals surface area contributed by atoms with Gasteiger partial charge in [0.25, 0.3) is 0 Å². The fraction of sp³-hybridized carbons (Fsp3) is 0.800. The van der Waals surface area contributed by atoms with Crippen molar-refractivity contribution in [3.63, 3.8) is 0 Å². The Balaban J connectivity index is 2.35. The van der Waals surface area contributed by atoms with Crippen molar-refractivity contribution in [1.82, 2.24) is 0 Å². The highest BCUT2D eigenvalue weighted by Crippen LogP contribution is 2.09. The van der Waals surface area contributed by atoms with Crippen molar-refractivity contribution in [1.29, 1.82) is 0 Å². The lowest BCUT2D eigenvalue weighted by Crippen LogP contribution is -2.34. The van der Waals surface area contributed by atoms with Crippen LogP contribution in [0, 0.1) is 0 Å². The van der Waals surface area contributed by atoms with E-state index < -0.39 is 12.1 Å². The van der Waals surface area contributed by atoms with Crippen LogP contribution in [0.1, 0.15) is 12.8 Å². The summed E-state index contributed by atoms with van der Waals surface area (Å²) in [5.74, 6) is -1.08. The summed E-state index contributed by atoms with van der Waals surface area (Å²) >= 11 is 0. The van der Waals surface area contributed by atoms with Crippen LogP contribution < -0.4 is 5.11 Å². The van der Waals surface area contributed by atoms with Gasteiger partial charge >= 0.3 is 0 Å². The molecule has 0 amide bonds. The quantitative estimate of drug-likeness (QED) is 0.436. The van der Waals surface area contributed by atoms with Crippen LogP contribution in [0.4, 0.5) is 0 Å². The summed E-state index contributed by atoms with van der Waals surface area (Å²) in [6, 6.07) is 0. The van der Waals surface area contributed by atoms with E-state index in [4.69, 9.17) is 4.74 Å². The SMILES string of the molecule is O=C([O-])C1CCCO1. The predicted molar refractivity (Wildman–Crippen MR) is 24.0 cm³/mol. The molecule has 1 aliphatic rings. The smallest absolute Gasteiger partial charge is 0.0969 e. The van der Waals surface area contributed by atoms with Crippen LogP contribution >= 0.6 is 0 Å². The van der Waals surface area contributed by atoms with Gasteiger partial charge in [0.05, 0.1) is 12.1 Å². The van der Waals surface area contributed by atoms with Gasteiger partial charge in [0.15, 0.2) is 0 Å². The zero-order valence-corrected chi connectivity index (χ0v) is 4.42. The Morgan fingerprint density at radius 3 is 2.75 bits per heavy atom. The van der Waals surface area contributed by atoms with Crippen LogP contribution in [0.25, 0.3) is 0 Å². The van der Waals surface area contributed by atoms with Crippen LogP contribution in [-0.4, -0.2) is 18.7 Å². The number of carbonyl (C=O) groups excluding carboxylic acids is 1. The molecule has 0 aromatic carbocycles. The lowest BCUT2D eigenvalue weighted by Gasteiger charge is -2.07. The van der Waals surface area contributed by atoms with Gasteiger partial charge in [0, 0.05) is 6.61 Å². The van der Waals surface area contributed by atoms with Crippen LogP contribution in [0.3, 0.4) is 0 Å². The van der Waals surface area contributed by atoms with Crippen molar-refractivity contribution >= 4 is 5.97 Å². The van der Waals surface area contributed by atoms with E-state index in [1.807, 2.05) is 0 Å². The molecule has 0 aromatic heterocycles. The van der Waals surface area contributed by atoms with Gasteiger partial charge < -0.3 is 14.6 Å². The number of carbonyl (C=O) groups is 1. The summed E-state index contributed by atoms with van der Waals surface area (Å²) < 4.78 is 4.75. The van der Waals surface area contributed by atoms with E-state index in [2.05, 4.69) is 0 Å². The molecule has 1 atom stereocenters. The van der Waals surface area contributed by atoms with Gasteiger partial charge in [-0.3, -0.25) is 0 Å². The van der Waals surface area contributed by atoms with Crippen LogP contribution in [0.15, 0.2) is 0 Å². The fourth-order valence-electron chi connectivity index (χ4n) is 0.764. The summed E-state index contributed by atoms with van der Waals surface area (Å²) in [4.78, 5) is 9.97. The minimum atomic E-state index is -1.08. The zero-order chi connectivity index (χ0) is 5.98. The van der Waals surface area contributed by atoms with E-state index in [0.717, 1.165) is 6.42 Å². The second-order valence-corrected chi connectivity index (χ2v) is 1.82. The number of ether oxygens (including phenoxy) is 1. The standard InChI is InChI=1S/C5H8O3/c6-5(7)4-2-1-3-8-4/h4H,1-3H2,(H,6,7)/p-1. The first kappa shape index (κ1) is 5.56. The fourth-order valence-corrected chi connectivity index (χ4v) is 0.764. The molecule has 0 radical (unpaired) electrons. The molecule has 1 aliphatic heterocycles. The first-order chi connectivity index (χ1) is 3.80. The largest absolute Gasteiger partial charge is 0.547 e. The maximum absolute atomic E-state index is 9.97. The molecule has 0 aliphatic carbocycles. The highest BCUT2D eigenvalue weighted by Gasteiger charge is 2.15. The molecule has 0 bridgehead atoms.